The van der Waals surface area contributed by atoms with Gasteiger partial charge in [0, 0.05) is 6.54 Å². The van der Waals surface area contributed by atoms with Crippen molar-refractivity contribution in [1.82, 2.24) is 4.90 Å². The van der Waals surface area contributed by atoms with E-state index in [4.69, 9.17) is 4.18 Å². The van der Waals surface area contributed by atoms with Gasteiger partial charge in [-0.15, -0.1) is 0 Å². The molecule has 78 valence electrons. The second kappa shape index (κ2) is 4.39. The minimum Gasteiger partial charge on any atom is -0.302 e. The van der Waals surface area contributed by atoms with Gasteiger partial charge in [0.15, 0.2) is 0 Å². The Kier molecular flexibility index (Phi) is 3.70. The van der Waals surface area contributed by atoms with E-state index in [1.807, 2.05) is 0 Å². The number of hydrogen-bond acceptors (Lipinski definition) is 4. The van der Waals surface area contributed by atoms with Gasteiger partial charge >= 0.3 is 0 Å². The van der Waals surface area contributed by atoms with Crippen molar-refractivity contribution in [3.63, 3.8) is 0 Å². The Bertz CT molecular complexity index is 244. The zero-order valence-electron chi connectivity index (χ0n) is 8.19. The molecule has 0 atom stereocenters. The predicted octanol–water partition coefficient (Wildman–Crippen LogP) is 0.447. The summed E-state index contributed by atoms with van der Waals surface area (Å²) in [6.45, 7) is 6.10. The maximum absolute atomic E-state index is 11.2. The Hall–Kier alpha value is -0.130. The van der Waals surface area contributed by atoms with Crippen molar-refractivity contribution in [2.45, 2.75) is 26.4 Å². The van der Waals surface area contributed by atoms with E-state index >= 15 is 0 Å². The average Bonchev–Trinajstić information content (AvgIpc) is 1.79. The van der Waals surface area contributed by atoms with Crippen LogP contribution in [0.3, 0.4) is 0 Å². The van der Waals surface area contributed by atoms with E-state index in [1.165, 1.54) is 6.42 Å². The lowest BCUT2D eigenvalue weighted by atomic mass is 10.2. The van der Waals surface area contributed by atoms with Gasteiger partial charge in [0.2, 0.25) is 0 Å². The van der Waals surface area contributed by atoms with E-state index in [-0.39, 0.29) is 11.9 Å². The Balaban J connectivity index is 2.25. The van der Waals surface area contributed by atoms with E-state index in [9.17, 15) is 8.42 Å². The molecule has 13 heavy (non-hydrogen) atoms. The molecule has 0 spiro atoms. The zero-order chi connectivity index (χ0) is 9.90. The Morgan fingerprint density at radius 1 is 1.38 bits per heavy atom. The van der Waals surface area contributed by atoms with Crippen LogP contribution in [0.15, 0.2) is 0 Å². The molecule has 0 unspecified atom stereocenters. The fourth-order valence-electron chi connectivity index (χ4n) is 1.19. The predicted molar refractivity (Wildman–Crippen MR) is 51.1 cm³/mol. The Morgan fingerprint density at radius 2 is 2.00 bits per heavy atom. The molecule has 0 aliphatic carbocycles. The minimum atomic E-state index is -3.29. The third-order valence-corrected chi connectivity index (χ3v) is 3.31. The van der Waals surface area contributed by atoms with Crippen LogP contribution < -0.4 is 0 Å². The van der Waals surface area contributed by atoms with Crippen LogP contribution in [0.2, 0.25) is 0 Å². The van der Waals surface area contributed by atoms with Crippen molar-refractivity contribution in [2.24, 2.45) is 0 Å². The van der Waals surface area contributed by atoms with Crippen LogP contribution in [0.4, 0.5) is 0 Å². The van der Waals surface area contributed by atoms with Gasteiger partial charge in [-0.2, -0.15) is 8.42 Å². The topological polar surface area (TPSA) is 46.6 Å². The molecule has 0 aromatic heterocycles. The standard InChI is InChI=1S/C8H17NO3S/c1-8(2)12-13(10,11)7-6-9-4-3-5-9/h8H,3-7H2,1-2H3. The molecule has 1 fully saturated rings. The van der Waals surface area contributed by atoms with Crippen LogP contribution in [0.5, 0.6) is 0 Å². The maximum Gasteiger partial charge on any atom is 0.268 e. The second-order valence-corrected chi connectivity index (χ2v) is 5.32. The Morgan fingerprint density at radius 3 is 2.38 bits per heavy atom. The molecule has 0 aromatic carbocycles. The summed E-state index contributed by atoms with van der Waals surface area (Å²) in [5.41, 5.74) is 0. The fraction of sp³-hybridized carbons (Fsp3) is 1.00. The summed E-state index contributed by atoms with van der Waals surface area (Å²) in [5.74, 6) is 0.116. The lowest BCUT2D eigenvalue weighted by molar-refractivity contribution is 0.188. The molecule has 4 nitrogen and oxygen atoms in total. The second-order valence-electron chi connectivity index (χ2n) is 3.60. The molecule has 0 saturated carbocycles. The number of nitrogens with zero attached hydrogens (tertiary/aromatic N) is 1. The van der Waals surface area contributed by atoms with Gasteiger partial charge in [-0.1, -0.05) is 0 Å². The molecule has 1 saturated heterocycles. The summed E-state index contributed by atoms with van der Waals surface area (Å²) in [6, 6.07) is 0. The highest BCUT2D eigenvalue weighted by atomic mass is 32.2. The molecule has 1 aliphatic rings. The maximum atomic E-state index is 11.2. The van der Waals surface area contributed by atoms with Gasteiger partial charge < -0.3 is 4.90 Å². The summed E-state index contributed by atoms with van der Waals surface area (Å²) in [7, 11) is -3.29. The quantitative estimate of drug-likeness (QED) is 0.614. The third kappa shape index (κ3) is 4.06. The first-order valence-corrected chi connectivity index (χ1v) is 6.21. The summed E-state index contributed by atoms with van der Waals surface area (Å²) < 4.78 is 27.3. The number of rotatable bonds is 5. The zero-order valence-corrected chi connectivity index (χ0v) is 9.01. The fourth-order valence-corrected chi connectivity index (χ4v) is 2.35. The minimum absolute atomic E-state index is 0.116. The van der Waals surface area contributed by atoms with Crippen molar-refractivity contribution >= 4 is 10.1 Å². The molecule has 1 rings (SSSR count). The summed E-state index contributed by atoms with van der Waals surface area (Å²) in [5, 5.41) is 0. The molecule has 5 heteroatoms. The van der Waals surface area contributed by atoms with Crippen LogP contribution in [0.1, 0.15) is 20.3 Å². The van der Waals surface area contributed by atoms with Crippen molar-refractivity contribution in [1.29, 1.82) is 0 Å². The van der Waals surface area contributed by atoms with Crippen molar-refractivity contribution < 1.29 is 12.6 Å². The van der Waals surface area contributed by atoms with Gasteiger partial charge in [0.25, 0.3) is 10.1 Å². The molecule has 0 N–H and O–H groups in total. The van der Waals surface area contributed by atoms with Gasteiger partial charge in [0.1, 0.15) is 0 Å². The first-order valence-electron chi connectivity index (χ1n) is 4.63. The van der Waals surface area contributed by atoms with Crippen molar-refractivity contribution in [3.8, 4) is 0 Å². The summed E-state index contributed by atoms with van der Waals surface area (Å²) >= 11 is 0. The van der Waals surface area contributed by atoms with E-state index in [2.05, 4.69) is 4.90 Å². The summed E-state index contributed by atoms with van der Waals surface area (Å²) in [6.07, 6.45) is 0.937. The molecular weight excluding hydrogens is 190 g/mol. The highest BCUT2D eigenvalue weighted by Gasteiger charge is 2.19. The van der Waals surface area contributed by atoms with Crippen LogP contribution in [0.25, 0.3) is 0 Å². The van der Waals surface area contributed by atoms with E-state index in [0.29, 0.717) is 6.54 Å². The first kappa shape index (κ1) is 10.9. The van der Waals surface area contributed by atoms with Gasteiger partial charge in [-0.05, 0) is 33.4 Å². The summed E-state index contributed by atoms with van der Waals surface area (Å²) in [4.78, 5) is 2.11. The van der Waals surface area contributed by atoms with E-state index in [0.717, 1.165) is 13.1 Å². The highest BCUT2D eigenvalue weighted by Crippen LogP contribution is 2.07. The largest absolute Gasteiger partial charge is 0.302 e. The lowest BCUT2D eigenvalue weighted by Crippen LogP contribution is -2.40. The Labute approximate surface area is 80.0 Å². The number of hydrogen-bond donors (Lipinski definition) is 0. The molecule has 0 radical (unpaired) electrons. The molecule has 1 heterocycles. The third-order valence-electron chi connectivity index (χ3n) is 1.95. The monoisotopic (exact) mass is 207 g/mol. The highest BCUT2D eigenvalue weighted by molar-refractivity contribution is 7.86. The normalized spacial score (nSPS) is 19.0. The average molecular weight is 207 g/mol. The number of likely N-dealkylation sites (tertiary alicyclic amines) is 1. The molecular formula is C8H17NO3S. The van der Waals surface area contributed by atoms with Crippen LogP contribution in [-0.4, -0.2) is 44.8 Å². The van der Waals surface area contributed by atoms with Crippen LogP contribution >= 0.6 is 0 Å². The van der Waals surface area contributed by atoms with E-state index < -0.39 is 10.1 Å². The van der Waals surface area contributed by atoms with E-state index in [1.54, 1.807) is 13.8 Å². The molecule has 0 amide bonds. The molecule has 0 bridgehead atoms. The van der Waals surface area contributed by atoms with Crippen LogP contribution in [-0.2, 0) is 14.3 Å². The molecule has 0 aromatic rings. The molecule has 1 aliphatic heterocycles. The van der Waals surface area contributed by atoms with Gasteiger partial charge in [0.05, 0.1) is 11.9 Å². The van der Waals surface area contributed by atoms with Crippen LogP contribution in [0, 0.1) is 0 Å². The van der Waals surface area contributed by atoms with Crippen molar-refractivity contribution in [2.75, 3.05) is 25.4 Å². The van der Waals surface area contributed by atoms with Gasteiger partial charge in [-0.25, -0.2) is 0 Å². The van der Waals surface area contributed by atoms with Gasteiger partial charge in [-0.3, -0.25) is 4.18 Å². The SMILES string of the molecule is CC(C)OS(=O)(=O)CCN1CCC1. The van der Waals surface area contributed by atoms with Crippen molar-refractivity contribution in [3.05, 3.63) is 0 Å². The first-order chi connectivity index (χ1) is 5.99. The lowest BCUT2D eigenvalue weighted by Gasteiger charge is -2.30. The smallest absolute Gasteiger partial charge is 0.268 e.